The first-order valence-electron chi connectivity index (χ1n) is 7.23. The van der Waals surface area contributed by atoms with Crippen LogP contribution in [0.5, 0.6) is 0 Å². The molecule has 1 aromatic heterocycles. The molecule has 1 heterocycles. The number of aryl methyl sites for hydroxylation is 1. The molecule has 0 spiro atoms. The summed E-state index contributed by atoms with van der Waals surface area (Å²) in [4.78, 5) is 5.61. The molecule has 0 saturated heterocycles. The molecule has 0 aliphatic carbocycles. The second kappa shape index (κ2) is 8.57. The Morgan fingerprint density at radius 1 is 1.29 bits per heavy atom. The third-order valence-corrected chi connectivity index (χ3v) is 5.30. The summed E-state index contributed by atoms with van der Waals surface area (Å²) in [6.45, 7) is 5.31. The van der Waals surface area contributed by atoms with E-state index in [9.17, 15) is 0 Å². The second-order valence-electron chi connectivity index (χ2n) is 5.04. The molecule has 0 saturated carbocycles. The quantitative estimate of drug-likeness (QED) is 0.700. The average molecular weight is 365 g/mol. The molecular formula is C17H21BrN2S. The van der Waals surface area contributed by atoms with Crippen LogP contribution >= 0.6 is 27.7 Å². The summed E-state index contributed by atoms with van der Waals surface area (Å²) < 4.78 is 1.16. The van der Waals surface area contributed by atoms with Gasteiger partial charge in [-0.3, -0.25) is 4.98 Å². The lowest BCUT2D eigenvalue weighted by atomic mass is 10.1. The molecule has 1 atom stereocenters. The van der Waals surface area contributed by atoms with Crippen molar-refractivity contribution in [3.05, 3.63) is 58.3 Å². The van der Waals surface area contributed by atoms with E-state index in [-0.39, 0.29) is 0 Å². The molecule has 2 rings (SSSR count). The van der Waals surface area contributed by atoms with Gasteiger partial charge >= 0.3 is 0 Å². The number of nitrogens with zero attached hydrogens (tertiary/aromatic N) is 1. The molecule has 1 unspecified atom stereocenters. The van der Waals surface area contributed by atoms with Crippen LogP contribution in [0.25, 0.3) is 0 Å². The van der Waals surface area contributed by atoms with Crippen LogP contribution in [0.4, 0.5) is 0 Å². The molecule has 112 valence electrons. The van der Waals surface area contributed by atoms with Gasteiger partial charge in [0, 0.05) is 33.6 Å². The molecule has 1 aromatic carbocycles. The predicted octanol–water partition coefficient (Wildman–Crippen LogP) is 4.99. The molecule has 2 nitrogen and oxygen atoms in total. The second-order valence-corrected chi connectivity index (χ2v) is 6.96. The number of benzene rings is 1. The van der Waals surface area contributed by atoms with Crippen LogP contribution in [0.3, 0.4) is 0 Å². The smallest absolute Gasteiger partial charge is 0.0430 e. The zero-order valence-electron chi connectivity index (χ0n) is 12.5. The third-order valence-electron chi connectivity index (χ3n) is 3.18. The summed E-state index contributed by atoms with van der Waals surface area (Å²) in [5.74, 6) is 0.994. The van der Waals surface area contributed by atoms with Crippen molar-refractivity contribution in [3.8, 4) is 0 Å². The van der Waals surface area contributed by atoms with Gasteiger partial charge in [-0.1, -0.05) is 25.1 Å². The van der Waals surface area contributed by atoms with Crippen LogP contribution in [0.2, 0.25) is 0 Å². The highest BCUT2D eigenvalue weighted by Gasteiger charge is 2.12. The number of aromatic nitrogens is 1. The highest BCUT2D eigenvalue weighted by molar-refractivity contribution is 9.10. The van der Waals surface area contributed by atoms with Gasteiger partial charge in [0.2, 0.25) is 0 Å². The van der Waals surface area contributed by atoms with Crippen molar-refractivity contribution in [2.24, 2.45) is 0 Å². The van der Waals surface area contributed by atoms with Crippen LogP contribution in [0.1, 0.15) is 30.5 Å². The molecule has 0 amide bonds. The third kappa shape index (κ3) is 5.13. The minimum Gasteiger partial charge on any atom is -0.309 e. The Morgan fingerprint density at radius 2 is 2.10 bits per heavy atom. The standard InChI is InChI=1S/C17H21BrN2S/c1-3-8-20-16(14-9-13(2)10-19-11-14)12-21-17-7-5-4-6-15(17)18/h4-7,9-11,16,20H,3,8,12H2,1-2H3. The van der Waals surface area contributed by atoms with Crippen LogP contribution in [0.15, 0.2) is 52.1 Å². The SMILES string of the molecule is CCCNC(CSc1ccccc1Br)c1cncc(C)c1. The van der Waals surface area contributed by atoms with E-state index >= 15 is 0 Å². The fourth-order valence-corrected chi connectivity index (χ4v) is 3.76. The summed E-state index contributed by atoms with van der Waals surface area (Å²) in [7, 11) is 0. The monoisotopic (exact) mass is 364 g/mol. The Morgan fingerprint density at radius 3 is 2.81 bits per heavy atom. The molecule has 0 aliphatic heterocycles. The van der Waals surface area contributed by atoms with E-state index in [0.29, 0.717) is 6.04 Å². The van der Waals surface area contributed by atoms with Gasteiger partial charge in [0.05, 0.1) is 0 Å². The van der Waals surface area contributed by atoms with Gasteiger partial charge in [0.15, 0.2) is 0 Å². The number of hydrogen-bond donors (Lipinski definition) is 1. The van der Waals surface area contributed by atoms with E-state index in [1.54, 1.807) is 0 Å². The van der Waals surface area contributed by atoms with Crippen molar-refractivity contribution >= 4 is 27.7 Å². The summed E-state index contributed by atoms with van der Waals surface area (Å²) in [5, 5.41) is 3.63. The largest absolute Gasteiger partial charge is 0.309 e. The zero-order valence-corrected chi connectivity index (χ0v) is 14.9. The molecule has 1 N–H and O–H groups in total. The minimum absolute atomic E-state index is 0.328. The van der Waals surface area contributed by atoms with Crippen LogP contribution in [-0.4, -0.2) is 17.3 Å². The molecular weight excluding hydrogens is 344 g/mol. The number of halogens is 1. The summed E-state index contributed by atoms with van der Waals surface area (Å²) in [6.07, 6.45) is 5.01. The first-order chi connectivity index (χ1) is 10.2. The first kappa shape index (κ1) is 16.5. The van der Waals surface area contributed by atoms with E-state index in [1.165, 1.54) is 16.0 Å². The van der Waals surface area contributed by atoms with Crippen LogP contribution < -0.4 is 5.32 Å². The number of rotatable bonds is 7. The molecule has 4 heteroatoms. The van der Waals surface area contributed by atoms with Gasteiger partial charge in [0.25, 0.3) is 0 Å². The molecule has 0 radical (unpaired) electrons. The number of nitrogens with one attached hydrogen (secondary N) is 1. The Hall–Kier alpha value is -0.840. The van der Waals surface area contributed by atoms with Crippen molar-refractivity contribution in [3.63, 3.8) is 0 Å². The van der Waals surface area contributed by atoms with Gasteiger partial charge in [-0.25, -0.2) is 0 Å². The topological polar surface area (TPSA) is 24.9 Å². The number of thioether (sulfide) groups is 1. The maximum atomic E-state index is 4.33. The molecule has 21 heavy (non-hydrogen) atoms. The van der Waals surface area contributed by atoms with Gasteiger partial charge in [0.1, 0.15) is 0 Å². The molecule has 2 aromatic rings. The Balaban J connectivity index is 2.08. The maximum absolute atomic E-state index is 4.33. The fourth-order valence-electron chi connectivity index (χ4n) is 2.10. The Kier molecular flexibility index (Phi) is 6.74. The zero-order chi connectivity index (χ0) is 15.1. The van der Waals surface area contributed by atoms with E-state index in [0.717, 1.165) is 23.2 Å². The summed E-state index contributed by atoms with van der Waals surface area (Å²) >= 11 is 5.48. The average Bonchev–Trinajstić information content (AvgIpc) is 2.49. The first-order valence-corrected chi connectivity index (χ1v) is 9.01. The maximum Gasteiger partial charge on any atom is 0.0430 e. The van der Waals surface area contributed by atoms with Gasteiger partial charge in [-0.15, -0.1) is 11.8 Å². The van der Waals surface area contributed by atoms with E-state index in [2.05, 4.69) is 64.3 Å². The van der Waals surface area contributed by atoms with E-state index in [1.807, 2.05) is 30.2 Å². The Labute approximate surface area is 139 Å². The van der Waals surface area contributed by atoms with Crippen molar-refractivity contribution in [2.45, 2.75) is 31.2 Å². The number of pyridine rings is 1. The molecule has 0 aliphatic rings. The molecule has 0 bridgehead atoms. The fraction of sp³-hybridized carbons (Fsp3) is 0.353. The van der Waals surface area contributed by atoms with E-state index < -0.39 is 0 Å². The molecule has 0 fully saturated rings. The van der Waals surface area contributed by atoms with Crippen molar-refractivity contribution in [1.29, 1.82) is 0 Å². The van der Waals surface area contributed by atoms with Crippen LogP contribution in [-0.2, 0) is 0 Å². The van der Waals surface area contributed by atoms with Gasteiger partial charge < -0.3 is 5.32 Å². The highest BCUT2D eigenvalue weighted by atomic mass is 79.9. The lowest BCUT2D eigenvalue weighted by Gasteiger charge is -2.19. The Bertz CT molecular complexity index is 574. The van der Waals surface area contributed by atoms with Gasteiger partial charge in [-0.05, 0) is 59.1 Å². The van der Waals surface area contributed by atoms with Crippen LogP contribution in [0, 0.1) is 6.92 Å². The lowest BCUT2D eigenvalue weighted by molar-refractivity contribution is 0.575. The van der Waals surface area contributed by atoms with Crippen molar-refractivity contribution in [2.75, 3.05) is 12.3 Å². The van der Waals surface area contributed by atoms with E-state index in [4.69, 9.17) is 0 Å². The van der Waals surface area contributed by atoms with Crippen molar-refractivity contribution in [1.82, 2.24) is 10.3 Å². The summed E-state index contributed by atoms with van der Waals surface area (Å²) in [6, 6.07) is 10.9. The lowest BCUT2D eigenvalue weighted by Crippen LogP contribution is -2.24. The van der Waals surface area contributed by atoms with Crippen molar-refractivity contribution < 1.29 is 0 Å². The minimum atomic E-state index is 0.328. The number of hydrogen-bond acceptors (Lipinski definition) is 3. The van der Waals surface area contributed by atoms with Gasteiger partial charge in [-0.2, -0.15) is 0 Å². The predicted molar refractivity (Wildman–Crippen MR) is 94.9 cm³/mol. The highest BCUT2D eigenvalue weighted by Crippen LogP contribution is 2.30. The summed E-state index contributed by atoms with van der Waals surface area (Å²) in [5.41, 5.74) is 2.48. The normalized spacial score (nSPS) is 12.3.